The lowest BCUT2D eigenvalue weighted by molar-refractivity contribution is 0.444. The maximum absolute atomic E-state index is 13.2. The number of hydrogen-bond donors (Lipinski definition) is 0. The Hall–Kier alpha value is -1.51. The van der Waals surface area contributed by atoms with Gasteiger partial charge in [-0.3, -0.25) is 0 Å². The van der Waals surface area contributed by atoms with E-state index in [1.165, 1.54) is 18.4 Å². The van der Waals surface area contributed by atoms with E-state index in [9.17, 15) is 13.2 Å². The highest BCUT2D eigenvalue weighted by Crippen LogP contribution is 2.30. The Balaban J connectivity index is 2.02. The van der Waals surface area contributed by atoms with Gasteiger partial charge in [0.15, 0.2) is 17.5 Å². The normalized spacial score (nSPS) is 18.2. The van der Waals surface area contributed by atoms with Crippen LogP contribution in [-0.2, 0) is 0 Å². The maximum atomic E-state index is 13.2. The number of hydrogen-bond acceptors (Lipinski definition) is 0. The Morgan fingerprint density at radius 3 is 2.35 bits per heavy atom. The van der Waals surface area contributed by atoms with Crippen LogP contribution in [0.15, 0.2) is 35.9 Å². The van der Waals surface area contributed by atoms with Crippen molar-refractivity contribution >= 4 is 0 Å². The molecule has 0 aromatic heterocycles. The van der Waals surface area contributed by atoms with Gasteiger partial charge < -0.3 is 0 Å². The van der Waals surface area contributed by atoms with Gasteiger partial charge in [0.05, 0.1) is 0 Å². The zero-order valence-corrected chi connectivity index (χ0v) is 11.6. The third-order valence-electron chi connectivity index (χ3n) is 3.68. The smallest absolute Gasteiger partial charge is 0.194 e. The van der Waals surface area contributed by atoms with Gasteiger partial charge in [-0.05, 0) is 37.0 Å². The molecule has 0 amide bonds. The summed E-state index contributed by atoms with van der Waals surface area (Å²) in [6.45, 7) is 2.17. The van der Waals surface area contributed by atoms with Crippen LogP contribution in [0.1, 0.15) is 50.5 Å². The molecule has 1 unspecified atom stereocenters. The molecule has 0 heterocycles. The summed E-state index contributed by atoms with van der Waals surface area (Å²) in [6, 6.07) is 2.17. The van der Waals surface area contributed by atoms with Crippen LogP contribution in [0.25, 0.3) is 0 Å². The van der Waals surface area contributed by atoms with Gasteiger partial charge in [0, 0.05) is 5.92 Å². The van der Waals surface area contributed by atoms with Gasteiger partial charge in [-0.1, -0.05) is 43.6 Å². The molecule has 0 bridgehead atoms. The monoisotopic (exact) mass is 280 g/mol. The van der Waals surface area contributed by atoms with Crippen LogP contribution in [0.2, 0.25) is 0 Å². The molecule has 0 N–H and O–H groups in total. The van der Waals surface area contributed by atoms with E-state index in [0.717, 1.165) is 25.0 Å². The van der Waals surface area contributed by atoms with Crippen molar-refractivity contribution in [3.63, 3.8) is 0 Å². The lowest BCUT2D eigenvalue weighted by Gasteiger charge is -2.17. The average molecular weight is 280 g/mol. The summed E-state index contributed by atoms with van der Waals surface area (Å²) in [4.78, 5) is 0. The van der Waals surface area contributed by atoms with Crippen molar-refractivity contribution in [1.29, 1.82) is 0 Å². The quantitative estimate of drug-likeness (QED) is 0.482. The second-order valence-electron chi connectivity index (χ2n) is 5.24. The molecule has 108 valence electrons. The highest BCUT2D eigenvalue weighted by Gasteiger charge is 2.16. The summed E-state index contributed by atoms with van der Waals surface area (Å²) in [5.74, 6) is -3.71. The molecule has 3 heteroatoms. The molecule has 0 nitrogen and oxygen atoms in total. The number of rotatable bonds is 5. The molecule has 0 saturated carbocycles. The fourth-order valence-corrected chi connectivity index (χ4v) is 2.47. The van der Waals surface area contributed by atoms with E-state index in [-0.39, 0.29) is 5.92 Å². The predicted octanol–water partition coefficient (Wildman–Crippen LogP) is 5.65. The fraction of sp³-hybridized carbons (Fsp3) is 0.412. The van der Waals surface area contributed by atoms with Crippen molar-refractivity contribution in [3.8, 4) is 0 Å². The lowest BCUT2D eigenvalue weighted by atomic mass is 9.88. The van der Waals surface area contributed by atoms with Crippen LogP contribution in [0.4, 0.5) is 13.2 Å². The van der Waals surface area contributed by atoms with Gasteiger partial charge in [0.2, 0.25) is 0 Å². The third-order valence-corrected chi connectivity index (χ3v) is 3.68. The summed E-state index contributed by atoms with van der Waals surface area (Å²) in [6.07, 6.45) is 11.4. The van der Waals surface area contributed by atoms with Crippen LogP contribution >= 0.6 is 0 Å². The number of benzene rings is 1. The first-order valence-corrected chi connectivity index (χ1v) is 7.13. The first kappa shape index (κ1) is 14.9. The molecule has 1 aliphatic carbocycles. The summed E-state index contributed by atoms with van der Waals surface area (Å²) < 4.78 is 39.4. The van der Waals surface area contributed by atoms with Crippen molar-refractivity contribution in [1.82, 2.24) is 0 Å². The molecular formula is C17H19F3. The Bertz CT molecular complexity index is 506. The second kappa shape index (κ2) is 6.78. The Morgan fingerprint density at radius 2 is 1.80 bits per heavy atom. The largest absolute Gasteiger partial charge is 0.204 e. The molecule has 1 aromatic carbocycles. The molecule has 0 aliphatic heterocycles. The first-order valence-electron chi connectivity index (χ1n) is 7.13. The maximum Gasteiger partial charge on any atom is 0.194 e. The molecule has 0 saturated heterocycles. The molecule has 1 aromatic rings. The highest BCUT2D eigenvalue weighted by atomic mass is 19.2. The van der Waals surface area contributed by atoms with E-state index in [0.29, 0.717) is 12.0 Å². The molecule has 1 atom stereocenters. The van der Waals surface area contributed by atoms with Crippen LogP contribution in [-0.4, -0.2) is 0 Å². The van der Waals surface area contributed by atoms with E-state index < -0.39 is 17.5 Å². The number of halogens is 3. The van der Waals surface area contributed by atoms with Gasteiger partial charge in [0.1, 0.15) is 0 Å². The van der Waals surface area contributed by atoms with E-state index in [1.807, 2.05) is 12.2 Å². The summed E-state index contributed by atoms with van der Waals surface area (Å²) >= 11 is 0. The summed E-state index contributed by atoms with van der Waals surface area (Å²) in [5, 5.41) is 0. The van der Waals surface area contributed by atoms with Gasteiger partial charge in [0.25, 0.3) is 0 Å². The van der Waals surface area contributed by atoms with Crippen LogP contribution in [0.5, 0.6) is 0 Å². The lowest BCUT2D eigenvalue weighted by Crippen LogP contribution is -2.02. The summed E-state index contributed by atoms with van der Waals surface area (Å²) in [7, 11) is 0. The fourth-order valence-electron chi connectivity index (χ4n) is 2.47. The van der Waals surface area contributed by atoms with Crippen LogP contribution in [0.3, 0.4) is 0 Å². The van der Waals surface area contributed by atoms with E-state index in [4.69, 9.17) is 0 Å². The van der Waals surface area contributed by atoms with Gasteiger partial charge in [-0.15, -0.1) is 0 Å². The van der Waals surface area contributed by atoms with Gasteiger partial charge in [-0.25, -0.2) is 13.2 Å². The average Bonchev–Trinajstić information content (AvgIpc) is 2.45. The second-order valence-corrected chi connectivity index (χ2v) is 5.24. The van der Waals surface area contributed by atoms with Gasteiger partial charge >= 0.3 is 0 Å². The van der Waals surface area contributed by atoms with Crippen molar-refractivity contribution < 1.29 is 13.2 Å². The molecular weight excluding hydrogens is 261 g/mol. The standard InChI is InChI=1S/C17H19F3/c1-2-3-4-5-12-6-8-13(9-7-12)14-10-15(18)17(20)16(19)11-14/h6-8,10-11,13H,2-5,9H2,1H3. The third kappa shape index (κ3) is 3.53. The molecule has 20 heavy (non-hydrogen) atoms. The Labute approximate surface area is 118 Å². The number of unbranched alkanes of at least 4 members (excludes halogenated alkanes) is 2. The summed E-state index contributed by atoms with van der Waals surface area (Å²) in [5.41, 5.74) is 1.76. The molecule has 0 radical (unpaired) electrons. The van der Waals surface area contributed by atoms with E-state index in [1.54, 1.807) is 0 Å². The molecule has 2 rings (SSSR count). The van der Waals surface area contributed by atoms with Gasteiger partial charge in [-0.2, -0.15) is 0 Å². The number of allylic oxidation sites excluding steroid dienone is 4. The SMILES string of the molecule is CCCCCC1=CCC(c2cc(F)c(F)c(F)c2)C=C1. The predicted molar refractivity (Wildman–Crippen MR) is 75.0 cm³/mol. The molecule has 1 aliphatic rings. The van der Waals surface area contributed by atoms with E-state index >= 15 is 0 Å². The van der Waals surface area contributed by atoms with Crippen molar-refractivity contribution in [2.45, 2.75) is 44.9 Å². The van der Waals surface area contributed by atoms with Crippen molar-refractivity contribution in [2.24, 2.45) is 0 Å². The minimum atomic E-state index is -1.40. The van der Waals surface area contributed by atoms with Crippen molar-refractivity contribution in [2.75, 3.05) is 0 Å². The van der Waals surface area contributed by atoms with Crippen molar-refractivity contribution in [3.05, 3.63) is 58.9 Å². The topological polar surface area (TPSA) is 0 Å². The Kier molecular flexibility index (Phi) is 5.05. The van der Waals surface area contributed by atoms with E-state index in [2.05, 4.69) is 13.0 Å². The van der Waals surface area contributed by atoms with Crippen LogP contribution in [0, 0.1) is 17.5 Å². The minimum Gasteiger partial charge on any atom is -0.204 e. The minimum absolute atomic E-state index is 0.0745. The first-order chi connectivity index (χ1) is 9.61. The molecule has 0 fully saturated rings. The zero-order chi connectivity index (χ0) is 14.5. The highest BCUT2D eigenvalue weighted by molar-refractivity contribution is 5.33. The zero-order valence-electron chi connectivity index (χ0n) is 11.6. The molecule has 0 spiro atoms. The van der Waals surface area contributed by atoms with Crippen LogP contribution < -0.4 is 0 Å². The Morgan fingerprint density at radius 1 is 1.10 bits per heavy atom.